The normalized spacial score (nSPS) is 12.8. The predicted molar refractivity (Wildman–Crippen MR) is 74.2 cm³/mol. The van der Waals surface area contributed by atoms with E-state index in [9.17, 15) is 28.3 Å². The van der Waals surface area contributed by atoms with E-state index in [2.05, 4.69) is 10.6 Å². The Morgan fingerprint density at radius 3 is 2.48 bits per heavy atom. The molecule has 23 heavy (non-hydrogen) atoms. The van der Waals surface area contributed by atoms with E-state index in [1.54, 1.807) is 0 Å². The van der Waals surface area contributed by atoms with Gasteiger partial charge in [0.05, 0.1) is 16.8 Å². The Labute approximate surface area is 127 Å². The zero-order valence-electron chi connectivity index (χ0n) is 11.3. The van der Waals surface area contributed by atoms with E-state index in [4.69, 9.17) is 0 Å². The van der Waals surface area contributed by atoms with Gasteiger partial charge in [0.1, 0.15) is 11.4 Å². The number of hydrogen-bond acceptors (Lipinski definition) is 4. The second-order valence-corrected chi connectivity index (χ2v) is 4.72. The molecule has 116 valence electrons. The van der Waals surface area contributed by atoms with Gasteiger partial charge >= 0.3 is 0 Å². The molecule has 1 aliphatic heterocycles. The number of halogens is 2. The summed E-state index contributed by atoms with van der Waals surface area (Å²) in [5.74, 6) is -5.93. The molecule has 0 bridgehead atoms. The lowest BCUT2D eigenvalue weighted by atomic mass is 10.1. The molecule has 3 N–H and O–H groups in total. The van der Waals surface area contributed by atoms with E-state index < -0.39 is 40.7 Å². The number of phenols is 1. The first-order chi connectivity index (χ1) is 10.9. The third-order valence-electron chi connectivity index (χ3n) is 3.32. The van der Waals surface area contributed by atoms with E-state index in [0.717, 1.165) is 0 Å². The number of phenolic OH excluding ortho intramolecular Hbond substituents is 1. The van der Waals surface area contributed by atoms with Crippen LogP contribution in [-0.2, 0) is 0 Å². The number of fused-ring (bicyclic) bond motifs is 1. The van der Waals surface area contributed by atoms with Gasteiger partial charge in [-0.05, 0) is 24.3 Å². The lowest BCUT2D eigenvalue weighted by molar-refractivity contribution is 0.0879. The summed E-state index contributed by atoms with van der Waals surface area (Å²) in [5, 5.41) is 13.8. The molecule has 2 aromatic rings. The Balaban J connectivity index is 2.02. The number of aromatic hydroxyl groups is 1. The van der Waals surface area contributed by atoms with Crippen molar-refractivity contribution in [3.63, 3.8) is 0 Å². The summed E-state index contributed by atoms with van der Waals surface area (Å²) in [6.07, 6.45) is 0. The predicted octanol–water partition coefficient (Wildman–Crippen LogP) is 1.81. The van der Waals surface area contributed by atoms with Crippen LogP contribution in [0, 0.1) is 11.6 Å². The number of nitrogens with one attached hydrogen (secondary N) is 2. The lowest BCUT2D eigenvalue weighted by Gasteiger charge is -2.10. The quantitative estimate of drug-likeness (QED) is 0.736. The van der Waals surface area contributed by atoms with Crippen LogP contribution in [0.4, 0.5) is 14.5 Å². The van der Waals surface area contributed by atoms with Gasteiger partial charge in [0.15, 0.2) is 11.6 Å². The van der Waals surface area contributed by atoms with Crippen molar-refractivity contribution >= 4 is 23.4 Å². The number of amides is 3. The number of benzene rings is 2. The van der Waals surface area contributed by atoms with Crippen LogP contribution < -0.4 is 10.6 Å². The average molecular weight is 318 g/mol. The zero-order valence-corrected chi connectivity index (χ0v) is 11.3. The molecule has 0 fully saturated rings. The van der Waals surface area contributed by atoms with Gasteiger partial charge < -0.3 is 10.4 Å². The van der Waals surface area contributed by atoms with Crippen LogP contribution in [0.5, 0.6) is 5.75 Å². The molecule has 0 unspecified atom stereocenters. The smallest absolute Gasteiger partial charge is 0.262 e. The van der Waals surface area contributed by atoms with Crippen LogP contribution >= 0.6 is 0 Å². The van der Waals surface area contributed by atoms with Gasteiger partial charge in [-0.1, -0.05) is 6.07 Å². The van der Waals surface area contributed by atoms with E-state index in [1.165, 1.54) is 18.2 Å². The fourth-order valence-corrected chi connectivity index (χ4v) is 2.27. The molecule has 0 saturated carbocycles. The molecule has 1 heterocycles. The monoisotopic (exact) mass is 318 g/mol. The first kappa shape index (κ1) is 14.6. The van der Waals surface area contributed by atoms with E-state index >= 15 is 0 Å². The highest BCUT2D eigenvalue weighted by atomic mass is 19.1. The molecule has 3 amide bonds. The molecule has 6 nitrogen and oxygen atoms in total. The SMILES string of the molecule is O=C1NC(=O)c2c(NC(=O)c3c(F)ccc(F)c3O)cccc21. The van der Waals surface area contributed by atoms with Crippen LogP contribution in [0.15, 0.2) is 30.3 Å². The summed E-state index contributed by atoms with van der Waals surface area (Å²) in [6, 6.07) is 5.48. The van der Waals surface area contributed by atoms with Crippen molar-refractivity contribution in [2.75, 3.05) is 5.32 Å². The maximum atomic E-state index is 13.7. The van der Waals surface area contributed by atoms with Crippen molar-refractivity contribution in [2.24, 2.45) is 0 Å². The fourth-order valence-electron chi connectivity index (χ4n) is 2.27. The Hall–Kier alpha value is -3.29. The third kappa shape index (κ3) is 2.30. The van der Waals surface area contributed by atoms with Gasteiger partial charge in [-0.25, -0.2) is 8.78 Å². The van der Waals surface area contributed by atoms with Gasteiger partial charge in [-0.15, -0.1) is 0 Å². The standard InChI is InChI=1S/C15H8F2N2O4/c16-7-4-5-8(17)12(20)11(7)15(23)18-9-3-1-2-6-10(9)14(22)19-13(6)21/h1-5,20H,(H,18,23)(H,19,21,22). The highest BCUT2D eigenvalue weighted by Gasteiger charge is 2.30. The minimum Gasteiger partial charge on any atom is -0.504 e. The summed E-state index contributed by atoms with van der Waals surface area (Å²) in [6.45, 7) is 0. The highest BCUT2D eigenvalue weighted by molar-refractivity contribution is 6.25. The average Bonchev–Trinajstić information content (AvgIpc) is 2.79. The number of anilines is 1. The third-order valence-corrected chi connectivity index (χ3v) is 3.32. The van der Waals surface area contributed by atoms with Crippen LogP contribution in [0.3, 0.4) is 0 Å². The van der Waals surface area contributed by atoms with Crippen molar-refractivity contribution in [1.29, 1.82) is 0 Å². The molecule has 8 heteroatoms. The summed E-state index contributed by atoms with van der Waals surface area (Å²) in [4.78, 5) is 35.4. The number of rotatable bonds is 2. The first-order valence-electron chi connectivity index (χ1n) is 6.37. The molecule has 0 atom stereocenters. The molecule has 3 rings (SSSR count). The molecule has 0 saturated heterocycles. The molecule has 0 radical (unpaired) electrons. The van der Waals surface area contributed by atoms with Crippen LogP contribution in [0.25, 0.3) is 0 Å². The maximum absolute atomic E-state index is 13.7. The zero-order chi connectivity index (χ0) is 16.7. The molecule has 0 aliphatic carbocycles. The number of hydrogen-bond donors (Lipinski definition) is 3. The minimum atomic E-state index is -1.16. The van der Waals surface area contributed by atoms with E-state index in [-0.39, 0.29) is 16.8 Å². The van der Waals surface area contributed by atoms with Gasteiger partial charge in [0.25, 0.3) is 17.7 Å². The molecule has 0 aromatic heterocycles. The van der Waals surface area contributed by atoms with Crippen LogP contribution in [-0.4, -0.2) is 22.8 Å². The van der Waals surface area contributed by atoms with Gasteiger partial charge in [-0.2, -0.15) is 0 Å². The van der Waals surface area contributed by atoms with Gasteiger partial charge in [-0.3, -0.25) is 19.7 Å². The van der Waals surface area contributed by atoms with Crippen molar-refractivity contribution < 1.29 is 28.3 Å². The molecular weight excluding hydrogens is 310 g/mol. The molecular formula is C15H8F2N2O4. The number of imide groups is 1. The van der Waals surface area contributed by atoms with Crippen molar-refractivity contribution in [1.82, 2.24) is 5.32 Å². The van der Waals surface area contributed by atoms with E-state index in [1.807, 2.05) is 0 Å². The summed E-state index contributed by atoms with van der Waals surface area (Å²) in [7, 11) is 0. The van der Waals surface area contributed by atoms with Crippen LogP contribution in [0.2, 0.25) is 0 Å². The Kier molecular flexibility index (Phi) is 3.29. The van der Waals surface area contributed by atoms with Gasteiger partial charge in [0.2, 0.25) is 0 Å². The van der Waals surface area contributed by atoms with Crippen molar-refractivity contribution in [3.05, 3.63) is 58.7 Å². The van der Waals surface area contributed by atoms with Crippen molar-refractivity contribution in [3.8, 4) is 5.75 Å². The summed E-state index contributed by atoms with van der Waals surface area (Å²) in [5.41, 5.74) is -0.981. The van der Waals surface area contributed by atoms with Gasteiger partial charge in [0, 0.05) is 0 Å². The topological polar surface area (TPSA) is 95.5 Å². The second kappa shape index (κ2) is 5.16. The Morgan fingerprint density at radius 1 is 1.04 bits per heavy atom. The van der Waals surface area contributed by atoms with Crippen molar-refractivity contribution in [2.45, 2.75) is 0 Å². The highest BCUT2D eigenvalue weighted by Crippen LogP contribution is 2.28. The first-order valence-corrected chi connectivity index (χ1v) is 6.37. The fraction of sp³-hybridized carbons (Fsp3) is 0. The number of carbonyl (C=O) groups excluding carboxylic acids is 3. The largest absolute Gasteiger partial charge is 0.504 e. The molecule has 0 spiro atoms. The molecule has 1 aliphatic rings. The maximum Gasteiger partial charge on any atom is 0.262 e. The Bertz CT molecular complexity index is 880. The lowest BCUT2D eigenvalue weighted by Crippen LogP contribution is -2.21. The summed E-state index contributed by atoms with van der Waals surface area (Å²) < 4.78 is 27.0. The number of carbonyl (C=O) groups is 3. The minimum absolute atomic E-state index is 0.0525. The molecule has 2 aromatic carbocycles. The second-order valence-electron chi connectivity index (χ2n) is 4.72. The summed E-state index contributed by atoms with van der Waals surface area (Å²) >= 11 is 0. The Morgan fingerprint density at radius 2 is 1.74 bits per heavy atom. The van der Waals surface area contributed by atoms with E-state index in [0.29, 0.717) is 12.1 Å². The van der Waals surface area contributed by atoms with Crippen LogP contribution in [0.1, 0.15) is 31.1 Å².